The lowest BCUT2D eigenvalue weighted by Gasteiger charge is -2.25. The maximum absolute atomic E-state index is 13.1. The van der Waals surface area contributed by atoms with Crippen molar-refractivity contribution in [3.63, 3.8) is 0 Å². The van der Waals surface area contributed by atoms with Gasteiger partial charge in [0, 0.05) is 7.05 Å². The number of carbonyl (C=O) groups excluding carboxylic acids is 1. The first kappa shape index (κ1) is 21.5. The first-order chi connectivity index (χ1) is 14.3. The summed E-state index contributed by atoms with van der Waals surface area (Å²) in [6.45, 7) is 1.64. The highest BCUT2D eigenvalue weighted by Crippen LogP contribution is 2.23. The number of hydrogen-bond acceptors (Lipinski definition) is 4. The minimum absolute atomic E-state index is 0.148. The molecule has 1 unspecified atom stereocenters. The minimum Gasteiger partial charge on any atom is -0.484 e. The Morgan fingerprint density at radius 3 is 2.10 bits per heavy atom. The normalized spacial score (nSPS) is 12.2. The van der Waals surface area contributed by atoms with Crippen LogP contribution in [0.15, 0.2) is 88.7 Å². The van der Waals surface area contributed by atoms with Crippen molar-refractivity contribution >= 4 is 15.7 Å². The largest absolute Gasteiger partial charge is 0.484 e. The monoisotopic (exact) mass is 427 g/mol. The molecular weight excluding hydrogens is 405 g/mol. The van der Waals surface area contributed by atoms with Crippen molar-refractivity contribution in [3.05, 3.63) is 90.2 Å². The smallest absolute Gasteiger partial charge is 0.260 e. The second-order valence-electron chi connectivity index (χ2n) is 6.81. The van der Waals surface area contributed by atoms with Crippen LogP contribution < -0.4 is 4.74 Å². The van der Waals surface area contributed by atoms with E-state index >= 15 is 0 Å². The molecule has 3 rings (SSSR count). The number of benzene rings is 3. The van der Waals surface area contributed by atoms with Crippen LogP contribution in [0.4, 0.5) is 4.39 Å². The molecule has 156 valence electrons. The van der Waals surface area contributed by atoms with Gasteiger partial charge in [-0.1, -0.05) is 30.3 Å². The third-order valence-corrected chi connectivity index (χ3v) is 6.66. The Bertz CT molecular complexity index is 1100. The first-order valence-electron chi connectivity index (χ1n) is 9.33. The number of hydrogen-bond donors (Lipinski definition) is 0. The highest BCUT2D eigenvalue weighted by atomic mass is 32.2. The standard InChI is InChI=1S/C23H22FNO4S/c1-17(18-8-10-19(24)11-9-18)25(2)23(26)16-29-20-12-14-22(15-13-20)30(27,28)21-6-4-3-5-7-21/h3-15,17H,16H2,1-2H3. The summed E-state index contributed by atoms with van der Waals surface area (Å²) >= 11 is 0. The number of halogens is 1. The molecule has 0 aromatic heterocycles. The van der Waals surface area contributed by atoms with E-state index in [0.717, 1.165) is 5.56 Å². The first-order valence-corrected chi connectivity index (χ1v) is 10.8. The van der Waals surface area contributed by atoms with Crippen LogP contribution in [-0.4, -0.2) is 32.9 Å². The summed E-state index contributed by atoms with van der Waals surface area (Å²) in [5.41, 5.74) is 0.808. The zero-order valence-corrected chi connectivity index (χ0v) is 17.5. The molecule has 1 amide bonds. The quantitative estimate of drug-likeness (QED) is 0.565. The van der Waals surface area contributed by atoms with Gasteiger partial charge in [0.05, 0.1) is 15.8 Å². The van der Waals surface area contributed by atoms with Gasteiger partial charge in [0.15, 0.2) is 6.61 Å². The van der Waals surface area contributed by atoms with Gasteiger partial charge in [-0.15, -0.1) is 0 Å². The van der Waals surface area contributed by atoms with Crippen LogP contribution in [0.1, 0.15) is 18.5 Å². The average Bonchev–Trinajstić information content (AvgIpc) is 2.78. The van der Waals surface area contributed by atoms with Gasteiger partial charge in [-0.25, -0.2) is 12.8 Å². The molecule has 3 aromatic carbocycles. The molecule has 1 atom stereocenters. The number of likely N-dealkylation sites (N-methyl/N-ethyl adjacent to an activating group) is 1. The van der Waals surface area contributed by atoms with Gasteiger partial charge < -0.3 is 9.64 Å². The van der Waals surface area contributed by atoms with Crippen LogP contribution in [0, 0.1) is 5.82 Å². The molecule has 0 radical (unpaired) electrons. The molecule has 5 nitrogen and oxygen atoms in total. The summed E-state index contributed by atoms with van der Waals surface area (Å²) in [5, 5.41) is 0. The molecule has 0 saturated carbocycles. The van der Waals surface area contributed by atoms with Gasteiger partial charge in [0.1, 0.15) is 11.6 Å². The van der Waals surface area contributed by atoms with E-state index < -0.39 is 9.84 Å². The van der Waals surface area contributed by atoms with E-state index in [9.17, 15) is 17.6 Å². The summed E-state index contributed by atoms with van der Waals surface area (Å²) < 4.78 is 43.8. The van der Waals surface area contributed by atoms with Gasteiger partial charge in [0.25, 0.3) is 5.91 Å². The maximum atomic E-state index is 13.1. The number of ether oxygens (including phenoxy) is 1. The van der Waals surface area contributed by atoms with Gasteiger partial charge >= 0.3 is 0 Å². The second kappa shape index (κ2) is 9.09. The number of sulfone groups is 1. The van der Waals surface area contributed by atoms with E-state index in [1.807, 2.05) is 6.92 Å². The van der Waals surface area contributed by atoms with E-state index in [1.165, 1.54) is 53.4 Å². The summed E-state index contributed by atoms with van der Waals surface area (Å²) in [6, 6.07) is 19.8. The molecule has 0 spiro atoms. The number of nitrogens with zero attached hydrogens (tertiary/aromatic N) is 1. The Morgan fingerprint density at radius 1 is 0.933 bits per heavy atom. The highest BCUT2D eigenvalue weighted by Gasteiger charge is 2.19. The molecule has 0 saturated heterocycles. The fraction of sp³-hybridized carbons (Fsp3) is 0.174. The van der Waals surface area contributed by atoms with E-state index in [4.69, 9.17) is 4.74 Å². The zero-order valence-electron chi connectivity index (χ0n) is 16.7. The zero-order chi connectivity index (χ0) is 21.7. The topological polar surface area (TPSA) is 63.7 Å². The van der Waals surface area contributed by atoms with E-state index in [2.05, 4.69) is 0 Å². The maximum Gasteiger partial charge on any atom is 0.260 e. The van der Waals surface area contributed by atoms with E-state index in [0.29, 0.717) is 5.75 Å². The van der Waals surface area contributed by atoms with Crippen LogP contribution >= 0.6 is 0 Å². The van der Waals surface area contributed by atoms with Crippen molar-refractivity contribution in [2.75, 3.05) is 13.7 Å². The molecule has 0 aliphatic rings. The Kier molecular flexibility index (Phi) is 6.52. The minimum atomic E-state index is -3.60. The van der Waals surface area contributed by atoms with Crippen molar-refractivity contribution < 1.29 is 22.3 Å². The van der Waals surface area contributed by atoms with Gasteiger partial charge in [0.2, 0.25) is 9.84 Å². The molecule has 3 aromatic rings. The molecule has 0 aliphatic heterocycles. The molecule has 30 heavy (non-hydrogen) atoms. The molecule has 0 fully saturated rings. The van der Waals surface area contributed by atoms with Crippen LogP contribution in [0.25, 0.3) is 0 Å². The summed E-state index contributed by atoms with van der Waals surface area (Å²) in [5.74, 6) is -0.202. The Morgan fingerprint density at radius 2 is 1.50 bits per heavy atom. The molecule has 0 bridgehead atoms. The highest BCUT2D eigenvalue weighted by molar-refractivity contribution is 7.91. The van der Waals surface area contributed by atoms with Crippen molar-refractivity contribution in [2.24, 2.45) is 0 Å². The summed E-state index contributed by atoms with van der Waals surface area (Å²) in [7, 11) is -1.95. The molecule has 7 heteroatoms. The van der Waals surface area contributed by atoms with Crippen molar-refractivity contribution in [1.29, 1.82) is 0 Å². The third-order valence-electron chi connectivity index (χ3n) is 4.88. The average molecular weight is 427 g/mol. The predicted octanol–water partition coefficient (Wildman–Crippen LogP) is 4.26. The molecule has 0 aliphatic carbocycles. The SMILES string of the molecule is CC(c1ccc(F)cc1)N(C)C(=O)COc1ccc(S(=O)(=O)c2ccccc2)cc1. The Hall–Kier alpha value is -3.19. The fourth-order valence-electron chi connectivity index (χ4n) is 2.88. The lowest BCUT2D eigenvalue weighted by molar-refractivity contribution is -0.134. The van der Waals surface area contributed by atoms with Crippen molar-refractivity contribution in [3.8, 4) is 5.75 Å². The molecule has 0 heterocycles. The van der Waals surface area contributed by atoms with E-state index in [1.54, 1.807) is 37.4 Å². The molecule has 0 N–H and O–H groups in total. The third kappa shape index (κ3) is 4.86. The lowest BCUT2D eigenvalue weighted by Crippen LogP contribution is -2.33. The van der Waals surface area contributed by atoms with Crippen LogP contribution in [0.2, 0.25) is 0 Å². The number of amides is 1. The fourth-order valence-corrected chi connectivity index (χ4v) is 4.16. The Balaban J connectivity index is 1.62. The summed E-state index contributed by atoms with van der Waals surface area (Å²) in [4.78, 5) is 14.3. The number of rotatable bonds is 7. The van der Waals surface area contributed by atoms with Crippen molar-refractivity contribution in [2.45, 2.75) is 22.8 Å². The second-order valence-corrected chi connectivity index (χ2v) is 8.76. The predicted molar refractivity (Wildman–Crippen MR) is 111 cm³/mol. The van der Waals surface area contributed by atoms with Gasteiger partial charge in [-0.05, 0) is 61.0 Å². The Labute approximate surface area is 175 Å². The van der Waals surface area contributed by atoms with Gasteiger partial charge in [-0.3, -0.25) is 4.79 Å². The van der Waals surface area contributed by atoms with Gasteiger partial charge in [-0.2, -0.15) is 0 Å². The van der Waals surface area contributed by atoms with Crippen LogP contribution in [0.5, 0.6) is 5.75 Å². The summed E-state index contributed by atoms with van der Waals surface area (Å²) in [6.07, 6.45) is 0. The molecular formula is C23H22FNO4S. The van der Waals surface area contributed by atoms with E-state index in [-0.39, 0.29) is 34.2 Å². The van der Waals surface area contributed by atoms with Crippen molar-refractivity contribution in [1.82, 2.24) is 4.90 Å². The van der Waals surface area contributed by atoms with Crippen LogP contribution in [-0.2, 0) is 14.6 Å². The number of carbonyl (C=O) groups is 1. The lowest BCUT2D eigenvalue weighted by atomic mass is 10.1. The van der Waals surface area contributed by atoms with Crippen LogP contribution in [0.3, 0.4) is 0 Å².